The molecule has 0 bridgehead atoms. The molecule has 2 aromatic rings. The quantitative estimate of drug-likeness (QED) is 0.894. The lowest BCUT2D eigenvalue weighted by atomic mass is 9.48. The summed E-state index contributed by atoms with van der Waals surface area (Å²) in [4.78, 5) is 22.4. The molecule has 4 rings (SSSR count). The maximum atomic E-state index is 12.9. The molecule has 2 heterocycles. The molecule has 122 valence electrons. The van der Waals surface area contributed by atoms with Gasteiger partial charge in [-0.1, -0.05) is 13.8 Å². The van der Waals surface area contributed by atoms with Crippen molar-refractivity contribution in [3.63, 3.8) is 0 Å². The SMILES string of the molecule is Cc1nc2ccc(C(=O)N3C[C@@H]4C(C)(C)C[C@]4(CO)C3)cc2[nH]1. The molecule has 1 aliphatic heterocycles. The normalized spacial score (nSPS) is 28.7. The van der Waals surface area contributed by atoms with E-state index in [1.54, 1.807) is 0 Å². The molecule has 2 atom stereocenters. The summed E-state index contributed by atoms with van der Waals surface area (Å²) < 4.78 is 0. The molecular weight excluding hydrogens is 290 g/mol. The van der Waals surface area contributed by atoms with Crippen LogP contribution in [0.3, 0.4) is 0 Å². The fourth-order valence-corrected chi connectivity index (χ4v) is 4.95. The number of H-pyrrole nitrogens is 1. The van der Waals surface area contributed by atoms with E-state index in [0.29, 0.717) is 18.0 Å². The molecule has 2 fully saturated rings. The Balaban J connectivity index is 1.61. The molecule has 1 aromatic carbocycles. The third-order valence-electron chi connectivity index (χ3n) is 5.85. The van der Waals surface area contributed by atoms with Gasteiger partial charge in [0.25, 0.3) is 5.91 Å². The standard InChI is InChI=1S/C18H23N3O2/c1-11-19-13-5-4-12(6-14(13)20-11)16(23)21-7-15-17(2,3)8-18(15,9-21)10-22/h4-6,15,22H,7-10H2,1-3H3,(H,19,20)/t15-,18-/m1/s1. The van der Waals surface area contributed by atoms with Gasteiger partial charge in [0.15, 0.2) is 0 Å². The van der Waals surface area contributed by atoms with E-state index in [1.165, 1.54) is 0 Å². The number of hydrogen-bond donors (Lipinski definition) is 2. The highest BCUT2D eigenvalue weighted by Crippen LogP contribution is 2.62. The van der Waals surface area contributed by atoms with Crippen molar-refractivity contribution in [1.82, 2.24) is 14.9 Å². The minimum atomic E-state index is -0.0894. The monoisotopic (exact) mass is 313 g/mol. The topological polar surface area (TPSA) is 69.2 Å². The smallest absolute Gasteiger partial charge is 0.253 e. The summed E-state index contributed by atoms with van der Waals surface area (Å²) in [5, 5.41) is 9.84. The minimum absolute atomic E-state index is 0.0529. The first kappa shape index (κ1) is 14.7. The number of aliphatic hydroxyl groups is 1. The van der Waals surface area contributed by atoms with E-state index in [1.807, 2.05) is 30.0 Å². The van der Waals surface area contributed by atoms with Gasteiger partial charge in [0.05, 0.1) is 17.6 Å². The van der Waals surface area contributed by atoms with Crippen LogP contribution in [0, 0.1) is 23.7 Å². The third kappa shape index (κ3) is 2.02. The van der Waals surface area contributed by atoms with Crippen molar-refractivity contribution in [2.45, 2.75) is 27.2 Å². The molecular formula is C18H23N3O2. The number of rotatable bonds is 2. The number of carbonyl (C=O) groups excluding carboxylic acids is 1. The maximum absolute atomic E-state index is 12.9. The van der Waals surface area contributed by atoms with Gasteiger partial charge < -0.3 is 15.0 Å². The van der Waals surface area contributed by atoms with Crippen LogP contribution in [0.1, 0.15) is 36.5 Å². The van der Waals surface area contributed by atoms with Crippen molar-refractivity contribution in [3.05, 3.63) is 29.6 Å². The fraction of sp³-hybridized carbons (Fsp3) is 0.556. The summed E-state index contributed by atoms with van der Waals surface area (Å²) in [5.41, 5.74) is 2.59. The van der Waals surface area contributed by atoms with E-state index in [4.69, 9.17) is 0 Å². The number of nitrogens with zero attached hydrogens (tertiary/aromatic N) is 2. The van der Waals surface area contributed by atoms with Crippen LogP contribution in [0.15, 0.2) is 18.2 Å². The zero-order chi connectivity index (χ0) is 16.4. The van der Waals surface area contributed by atoms with E-state index < -0.39 is 0 Å². The molecule has 5 heteroatoms. The van der Waals surface area contributed by atoms with Crippen molar-refractivity contribution in [2.24, 2.45) is 16.7 Å². The first-order chi connectivity index (χ1) is 10.8. The molecule has 0 radical (unpaired) electrons. The Kier molecular flexibility index (Phi) is 2.92. The third-order valence-corrected chi connectivity index (χ3v) is 5.85. The van der Waals surface area contributed by atoms with Gasteiger partial charge in [0.2, 0.25) is 0 Å². The zero-order valence-corrected chi connectivity index (χ0v) is 13.9. The second kappa shape index (κ2) is 4.57. The molecule has 1 aromatic heterocycles. The van der Waals surface area contributed by atoms with E-state index in [9.17, 15) is 9.90 Å². The summed E-state index contributed by atoms with van der Waals surface area (Å²) in [6.07, 6.45) is 0.990. The number of benzene rings is 1. The Labute approximate surface area is 135 Å². The molecule has 0 unspecified atom stereocenters. The maximum Gasteiger partial charge on any atom is 0.253 e. The van der Waals surface area contributed by atoms with E-state index >= 15 is 0 Å². The van der Waals surface area contributed by atoms with Crippen molar-refractivity contribution in [2.75, 3.05) is 19.7 Å². The number of aliphatic hydroxyl groups excluding tert-OH is 1. The number of aromatic amines is 1. The van der Waals surface area contributed by atoms with Crippen molar-refractivity contribution in [1.29, 1.82) is 0 Å². The molecule has 5 nitrogen and oxygen atoms in total. The van der Waals surface area contributed by atoms with Gasteiger partial charge in [0.1, 0.15) is 5.82 Å². The van der Waals surface area contributed by atoms with Gasteiger partial charge in [-0.15, -0.1) is 0 Å². The first-order valence-corrected chi connectivity index (χ1v) is 8.21. The van der Waals surface area contributed by atoms with Gasteiger partial charge in [-0.2, -0.15) is 0 Å². The van der Waals surface area contributed by atoms with Crippen LogP contribution in [-0.2, 0) is 0 Å². The molecule has 1 amide bonds. The van der Waals surface area contributed by atoms with E-state index in [-0.39, 0.29) is 23.3 Å². The van der Waals surface area contributed by atoms with Crippen molar-refractivity contribution in [3.8, 4) is 0 Å². The van der Waals surface area contributed by atoms with Gasteiger partial charge in [-0.05, 0) is 42.9 Å². The molecule has 0 spiro atoms. The molecule has 1 aliphatic carbocycles. The lowest BCUT2D eigenvalue weighted by Crippen LogP contribution is -2.54. The lowest BCUT2D eigenvalue weighted by Gasteiger charge is -2.55. The highest BCUT2D eigenvalue weighted by molar-refractivity contribution is 5.97. The largest absolute Gasteiger partial charge is 0.396 e. The second-order valence-electron chi connectivity index (χ2n) is 7.98. The van der Waals surface area contributed by atoms with Gasteiger partial charge >= 0.3 is 0 Å². The molecule has 1 saturated heterocycles. The highest BCUT2D eigenvalue weighted by atomic mass is 16.3. The predicted molar refractivity (Wildman–Crippen MR) is 88.1 cm³/mol. The van der Waals surface area contributed by atoms with Crippen LogP contribution in [0.2, 0.25) is 0 Å². The number of likely N-dealkylation sites (tertiary alicyclic amines) is 1. The van der Waals surface area contributed by atoms with Crippen LogP contribution < -0.4 is 0 Å². The number of nitrogens with one attached hydrogen (secondary N) is 1. The highest BCUT2D eigenvalue weighted by Gasteiger charge is 2.63. The number of fused-ring (bicyclic) bond motifs is 2. The van der Waals surface area contributed by atoms with Gasteiger partial charge in [0, 0.05) is 24.1 Å². The van der Waals surface area contributed by atoms with Gasteiger partial charge in [-0.3, -0.25) is 4.79 Å². The Morgan fingerprint density at radius 1 is 1.48 bits per heavy atom. The second-order valence-corrected chi connectivity index (χ2v) is 7.98. The summed E-state index contributed by atoms with van der Waals surface area (Å²) in [7, 11) is 0. The number of aryl methyl sites for hydroxylation is 1. The zero-order valence-electron chi connectivity index (χ0n) is 13.9. The Hall–Kier alpha value is -1.88. The van der Waals surface area contributed by atoms with Crippen LogP contribution in [-0.4, -0.2) is 45.6 Å². The Morgan fingerprint density at radius 2 is 2.26 bits per heavy atom. The van der Waals surface area contributed by atoms with E-state index in [0.717, 1.165) is 29.8 Å². The fourth-order valence-electron chi connectivity index (χ4n) is 4.95. The number of aromatic nitrogens is 2. The Bertz CT molecular complexity index is 795. The molecule has 1 saturated carbocycles. The van der Waals surface area contributed by atoms with Crippen molar-refractivity contribution < 1.29 is 9.90 Å². The summed E-state index contributed by atoms with van der Waals surface area (Å²) in [6, 6.07) is 5.62. The Morgan fingerprint density at radius 3 is 2.91 bits per heavy atom. The van der Waals surface area contributed by atoms with Crippen LogP contribution in [0.4, 0.5) is 0 Å². The lowest BCUT2D eigenvalue weighted by molar-refractivity contribution is -0.0976. The average Bonchev–Trinajstić information content (AvgIpc) is 3.03. The number of hydrogen-bond acceptors (Lipinski definition) is 3. The molecule has 2 aliphatic rings. The minimum Gasteiger partial charge on any atom is -0.396 e. The number of imidazole rings is 1. The van der Waals surface area contributed by atoms with Gasteiger partial charge in [-0.25, -0.2) is 4.98 Å². The first-order valence-electron chi connectivity index (χ1n) is 8.21. The predicted octanol–water partition coefficient (Wildman–Crippen LogP) is 2.35. The van der Waals surface area contributed by atoms with Crippen LogP contribution in [0.5, 0.6) is 0 Å². The summed E-state index contributed by atoms with van der Waals surface area (Å²) in [6.45, 7) is 7.96. The summed E-state index contributed by atoms with van der Waals surface area (Å²) in [5.74, 6) is 1.30. The van der Waals surface area contributed by atoms with Crippen LogP contribution >= 0.6 is 0 Å². The number of amides is 1. The van der Waals surface area contributed by atoms with Crippen LogP contribution in [0.25, 0.3) is 11.0 Å². The summed E-state index contributed by atoms with van der Waals surface area (Å²) >= 11 is 0. The van der Waals surface area contributed by atoms with Crippen molar-refractivity contribution >= 4 is 16.9 Å². The average molecular weight is 313 g/mol. The number of carbonyl (C=O) groups is 1. The molecule has 23 heavy (non-hydrogen) atoms. The van der Waals surface area contributed by atoms with E-state index in [2.05, 4.69) is 23.8 Å². The molecule has 2 N–H and O–H groups in total.